The van der Waals surface area contributed by atoms with E-state index in [9.17, 15) is 4.79 Å². The molecule has 144 valence electrons. The van der Waals surface area contributed by atoms with Gasteiger partial charge in [-0.2, -0.15) is 0 Å². The van der Waals surface area contributed by atoms with Crippen molar-refractivity contribution in [3.8, 4) is 11.6 Å². The highest BCUT2D eigenvalue weighted by atomic mass is 35.5. The number of ether oxygens (including phenoxy) is 1. The molecule has 1 aromatic carbocycles. The zero-order valence-corrected chi connectivity index (χ0v) is 16.5. The number of benzene rings is 1. The fraction of sp³-hybridized carbons (Fsp3) is 0.450. The number of nitrogens with zero attached hydrogens (tertiary/aromatic N) is 4. The highest BCUT2D eigenvalue weighted by Crippen LogP contribution is 2.25. The summed E-state index contributed by atoms with van der Waals surface area (Å²) in [5.41, 5.74) is 0. The van der Waals surface area contributed by atoms with Crippen molar-refractivity contribution >= 4 is 23.3 Å². The second-order valence-corrected chi connectivity index (χ2v) is 7.19. The van der Waals surface area contributed by atoms with Crippen LogP contribution in [-0.2, 0) is 4.79 Å². The standard InChI is InChI=1S/C20H25ClN4O2/c1-3-4-5-20(26)25-11-10-24(13-15(25)2)18-12-19(23-14-22-18)27-17-8-6-16(21)7-9-17/h6-9,12,14-15H,3-5,10-11,13H2,1-2H3. The largest absolute Gasteiger partial charge is 0.439 e. The van der Waals surface area contributed by atoms with Crippen molar-refractivity contribution in [1.29, 1.82) is 0 Å². The molecule has 1 amide bonds. The van der Waals surface area contributed by atoms with Crippen molar-refractivity contribution in [2.24, 2.45) is 0 Å². The van der Waals surface area contributed by atoms with Gasteiger partial charge >= 0.3 is 0 Å². The quantitative estimate of drug-likeness (QED) is 0.744. The van der Waals surface area contributed by atoms with E-state index in [1.165, 1.54) is 6.33 Å². The van der Waals surface area contributed by atoms with E-state index in [1.807, 2.05) is 11.0 Å². The average molecular weight is 389 g/mol. The number of anilines is 1. The molecular formula is C20H25ClN4O2. The van der Waals surface area contributed by atoms with Gasteiger partial charge in [0.25, 0.3) is 0 Å². The van der Waals surface area contributed by atoms with E-state index in [0.29, 0.717) is 29.6 Å². The molecule has 6 nitrogen and oxygen atoms in total. The molecule has 0 radical (unpaired) electrons. The molecule has 0 aliphatic carbocycles. The van der Waals surface area contributed by atoms with Crippen molar-refractivity contribution in [2.45, 2.75) is 39.2 Å². The predicted molar refractivity (Wildman–Crippen MR) is 106 cm³/mol. The lowest BCUT2D eigenvalue weighted by Gasteiger charge is -2.40. The number of aromatic nitrogens is 2. The van der Waals surface area contributed by atoms with E-state index in [0.717, 1.165) is 31.7 Å². The maximum absolute atomic E-state index is 12.3. The van der Waals surface area contributed by atoms with Crippen LogP contribution in [0.3, 0.4) is 0 Å². The minimum Gasteiger partial charge on any atom is -0.439 e. The number of halogens is 1. The van der Waals surface area contributed by atoms with Crippen LogP contribution in [-0.4, -0.2) is 46.5 Å². The number of hydrogen-bond acceptors (Lipinski definition) is 5. The Balaban J connectivity index is 1.64. The Morgan fingerprint density at radius 1 is 1.26 bits per heavy atom. The van der Waals surface area contributed by atoms with E-state index >= 15 is 0 Å². The van der Waals surface area contributed by atoms with Gasteiger partial charge in [0.1, 0.15) is 17.9 Å². The molecular weight excluding hydrogens is 364 g/mol. The Kier molecular flexibility index (Phi) is 6.50. The lowest BCUT2D eigenvalue weighted by molar-refractivity contribution is -0.133. The normalized spacial score (nSPS) is 17.1. The Bertz CT molecular complexity index is 769. The van der Waals surface area contributed by atoms with Crippen LogP contribution in [0.4, 0.5) is 5.82 Å². The summed E-state index contributed by atoms with van der Waals surface area (Å²) in [6, 6.07) is 9.12. The first-order valence-electron chi connectivity index (χ1n) is 9.36. The Morgan fingerprint density at radius 2 is 2.04 bits per heavy atom. The maximum Gasteiger partial charge on any atom is 0.224 e. The number of rotatable bonds is 6. The van der Waals surface area contributed by atoms with Crippen LogP contribution in [0.1, 0.15) is 33.1 Å². The molecule has 0 bridgehead atoms. The fourth-order valence-corrected chi connectivity index (χ4v) is 3.32. The Hall–Kier alpha value is -2.34. The Morgan fingerprint density at radius 3 is 2.74 bits per heavy atom. The van der Waals surface area contributed by atoms with Gasteiger partial charge in [-0.15, -0.1) is 0 Å². The molecule has 1 aliphatic rings. The molecule has 1 saturated heterocycles. The highest BCUT2D eigenvalue weighted by Gasteiger charge is 2.27. The van der Waals surface area contributed by atoms with E-state index in [-0.39, 0.29) is 11.9 Å². The third kappa shape index (κ3) is 5.10. The average Bonchev–Trinajstić information content (AvgIpc) is 2.68. The minimum atomic E-state index is 0.152. The third-order valence-electron chi connectivity index (χ3n) is 4.68. The molecule has 0 spiro atoms. The van der Waals surface area contributed by atoms with Crippen LogP contribution in [0, 0.1) is 0 Å². The van der Waals surface area contributed by atoms with Crippen molar-refractivity contribution < 1.29 is 9.53 Å². The minimum absolute atomic E-state index is 0.152. The predicted octanol–water partition coefficient (Wildman–Crippen LogP) is 4.15. The van der Waals surface area contributed by atoms with E-state index in [1.54, 1.807) is 24.3 Å². The Labute approximate surface area is 165 Å². The summed E-state index contributed by atoms with van der Waals surface area (Å²) >= 11 is 5.90. The summed E-state index contributed by atoms with van der Waals surface area (Å²) in [5, 5.41) is 0.658. The van der Waals surface area contributed by atoms with Gasteiger partial charge in [-0.3, -0.25) is 4.79 Å². The van der Waals surface area contributed by atoms with Gasteiger partial charge < -0.3 is 14.5 Å². The molecule has 1 unspecified atom stereocenters. The highest BCUT2D eigenvalue weighted by molar-refractivity contribution is 6.30. The van der Waals surface area contributed by atoms with Crippen LogP contribution in [0.15, 0.2) is 36.7 Å². The summed E-state index contributed by atoms with van der Waals surface area (Å²) < 4.78 is 5.79. The van der Waals surface area contributed by atoms with Crippen molar-refractivity contribution in [3.05, 3.63) is 41.7 Å². The van der Waals surface area contributed by atoms with Crippen LogP contribution < -0.4 is 9.64 Å². The van der Waals surface area contributed by atoms with Gasteiger partial charge in [0.15, 0.2) is 0 Å². The van der Waals surface area contributed by atoms with E-state index in [4.69, 9.17) is 16.3 Å². The first-order valence-corrected chi connectivity index (χ1v) is 9.74. The van der Waals surface area contributed by atoms with Gasteiger partial charge in [0.2, 0.25) is 11.8 Å². The molecule has 1 fully saturated rings. The van der Waals surface area contributed by atoms with Crippen LogP contribution in [0.2, 0.25) is 5.02 Å². The van der Waals surface area contributed by atoms with E-state index < -0.39 is 0 Å². The molecule has 3 rings (SSSR count). The third-order valence-corrected chi connectivity index (χ3v) is 4.93. The summed E-state index contributed by atoms with van der Waals surface area (Å²) in [7, 11) is 0. The van der Waals surface area contributed by atoms with Crippen LogP contribution >= 0.6 is 11.6 Å². The molecule has 1 aromatic heterocycles. The second kappa shape index (κ2) is 9.04. The van der Waals surface area contributed by atoms with Crippen molar-refractivity contribution in [2.75, 3.05) is 24.5 Å². The molecule has 0 saturated carbocycles. The SMILES string of the molecule is CCCCC(=O)N1CCN(c2cc(Oc3ccc(Cl)cc3)ncn2)CC1C. The van der Waals surface area contributed by atoms with Gasteiger partial charge in [-0.05, 0) is 37.6 Å². The summed E-state index contributed by atoms with van der Waals surface area (Å²) in [4.78, 5) is 25.1. The van der Waals surface area contributed by atoms with Crippen LogP contribution in [0.5, 0.6) is 11.6 Å². The molecule has 2 aromatic rings. The zero-order chi connectivity index (χ0) is 19.2. The topological polar surface area (TPSA) is 58.6 Å². The molecule has 27 heavy (non-hydrogen) atoms. The first kappa shape index (κ1) is 19.4. The maximum atomic E-state index is 12.3. The monoisotopic (exact) mass is 388 g/mol. The van der Waals surface area contributed by atoms with Gasteiger partial charge in [0, 0.05) is 43.2 Å². The van der Waals surface area contributed by atoms with Crippen molar-refractivity contribution in [3.63, 3.8) is 0 Å². The molecule has 1 aliphatic heterocycles. The van der Waals surface area contributed by atoms with Gasteiger partial charge in [0.05, 0.1) is 0 Å². The number of unbranched alkanes of at least 4 members (excludes halogenated alkanes) is 1. The first-order chi connectivity index (χ1) is 13.1. The summed E-state index contributed by atoms with van der Waals surface area (Å²) in [6.45, 7) is 6.39. The smallest absolute Gasteiger partial charge is 0.224 e. The molecule has 0 N–H and O–H groups in total. The second-order valence-electron chi connectivity index (χ2n) is 6.76. The summed E-state index contributed by atoms with van der Waals surface area (Å²) in [5.74, 6) is 2.21. The van der Waals surface area contributed by atoms with Crippen LogP contribution in [0.25, 0.3) is 0 Å². The molecule has 2 heterocycles. The molecule has 7 heteroatoms. The zero-order valence-electron chi connectivity index (χ0n) is 15.8. The van der Waals surface area contributed by atoms with Gasteiger partial charge in [-0.25, -0.2) is 9.97 Å². The summed E-state index contributed by atoms with van der Waals surface area (Å²) in [6.07, 6.45) is 4.12. The number of piperazine rings is 1. The number of hydrogen-bond donors (Lipinski definition) is 0. The van der Waals surface area contributed by atoms with Gasteiger partial charge in [-0.1, -0.05) is 24.9 Å². The van der Waals surface area contributed by atoms with Crippen molar-refractivity contribution in [1.82, 2.24) is 14.9 Å². The number of amides is 1. The lowest BCUT2D eigenvalue weighted by atomic mass is 10.1. The molecule has 1 atom stereocenters. The number of carbonyl (C=O) groups excluding carboxylic acids is 1. The van der Waals surface area contributed by atoms with E-state index in [2.05, 4.69) is 28.7 Å². The lowest BCUT2D eigenvalue weighted by Crippen LogP contribution is -2.54. The number of carbonyl (C=O) groups is 1. The fourth-order valence-electron chi connectivity index (χ4n) is 3.19.